The van der Waals surface area contributed by atoms with Crippen molar-refractivity contribution in [2.45, 2.75) is 98.4 Å². The second-order valence-electron chi connectivity index (χ2n) is 10.5. The van der Waals surface area contributed by atoms with Crippen LogP contribution in [0.4, 0.5) is 15.4 Å². The highest BCUT2D eigenvalue weighted by Crippen LogP contribution is 2.31. The van der Waals surface area contributed by atoms with E-state index in [-0.39, 0.29) is 18.3 Å². The third kappa shape index (κ3) is 8.54. The zero-order chi connectivity index (χ0) is 25.5. The summed E-state index contributed by atoms with van der Waals surface area (Å²) < 4.78 is 20.8. The van der Waals surface area contributed by atoms with Crippen LogP contribution >= 0.6 is 11.5 Å². The molecule has 1 fully saturated rings. The molecular weight excluding hydrogens is 458 g/mol. The van der Waals surface area contributed by atoms with Gasteiger partial charge in [-0.2, -0.15) is 9.27 Å². The Balaban J connectivity index is 2.37. The molecule has 34 heavy (non-hydrogen) atoms. The highest BCUT2D eigenvalue weighted by molar-refractivity contribution is 7.08. The smallest absolute Gasteiger partial charge is 0.425 e. The van der Waals surface area contributed by atoms with Crippen LogP contribution in [-0.4, -0.2) is 46.8 Å². The molecule has 1 N–H and O–H groups in total. The quantitative estimate of drug-likeness (QED) is 0.517. The van der Waals surface area contributed by atoms with Crippen molar-refractivity contribution in [1.82, 2.24) is 9.69 Å². The van der Waals surface area contributed by atoms with Crippen LogP contribution < -0.4 is 10.2 Å². The molecule has 10 heteroatoms. The maximum atomic E-state index is 13.1. The van der Waals surface area contributed by atoms with Crippen LogP contribution in [0.5, 0.6) is 0 Å². The Hall–Kier alpha value is -2.20. The summed E-state index contributed by atoms with van der Waals surface area (Å²) >= 11 is 0.921. The topological polar surface area (TPSA) is 107 Å². The number of nitrogens with one attached hydrogen (secondary N) is 1. The third-order valence-corrected chi connectivity index (χ3v) is 5.94. The fourth-order valence-electron chi connectivity index (χ4n) is 3.56. The van der Waals surface area contributed by atoms with Crippen molar-refractivity contribution in [3.8, 4) is 0 Å². The molecule has 1 saturated carbocycles. The molecule has 0 saturated heterocycles. The molecule has 0 bridgehead atoms. The van der Waals surface area contributed by atoms with Crippen LogP contribution in [0, 0.1) is 5.92 Å². The molecule has 3 amide bonds. The van der Waals surface area contributed by atoms with Crippen molar-refractivity contribution in [3.63, 3.8) is 0 Å². The van der Waals surface area contributed by atoms with E-state index in [1.54, 1.807) is 41.5 Å². The van der Waals surface area contributed by atoms with E-state index in [0.717, 1.165) is 29.3 Å². The minimum absolute atomic E-state index is 0.00948. The standard InChI is InChI=1S/C24H39N3O6S/c1-8-31-15-17-18(20(28)25-14-16-12-10-9-11-13-16)34-26-19(17)27(21(29)32-23(2,3)4)22(30)33-24(5,6)7/h16H,8-15H2,1-7H3,(H,25,28). The van der Waals surface area contributed by atoms with Gasteiger partial charge in [0.25, 0.3) is 5.91 Å². The Labute approximate surface area is 206 Å². The fraction of sp³-hybridized carbons (Fsp3) is 0.750. The first kappa shape index (κ1) is 28.0. The van der Waals surface area contributed by atoms with Gasteiger partial charge in [0.15, 0.2) is 5.82 Å². The molecule has 0 radical (unpaired) electrons. The van der Waals surface area contributed by atoms with Gasteiger partial charge in [0.05, 0.1) is 6.61 Å². The Morgan fingerprint density at radius 1 is 1.00 bits per heavy atom. The number of rotatable bonds is 7. The maximum absolute atomic E-state index is 13.1. The molecule has 9 nitrogen and oxygen atoms in total. The van der Waals surface area contributed by atoms with Crippen molar-refractivity contribution in [1.29, 1.82) is 0 Å². The summed E-state index contributed by atoms with van der Waals surface area (Å²) in [5, 5.41) is 3.00. The number of nitrogens with zero attached hydrogens (tertiary/aromatic N) is 2. The summed E-state index contributed by atoms with van der Waals surface area (Å²) in [7, 11) is 0. The zero-order valence-corrected chi connectivity index (χ0v) is 22.3. The average Bonchev–Trinajstić information content (AvgIpc) is 3.12. The number of hydrogen-bond acceptors (Lipinski definition) is 8. The number of carbonyl (C=O) groups excluding carboxylic acids is 3. The van der Waals surface area contributed by atoms with Crippen molar-refractivity contribution in [2.24, 2.45) is 5.92 Å². The van der Waals surface area contributed by atoms with Crippen LogP contribution in [0.25, 0.3) is 0 Å². The first-order chi connectivity index (χ1) is 15.8. The number of hydrogen-bond donors (Lipinski definition) is 1. The van der Waals surface area contributed by atoms with E-state index in [1.165, 1.54) is 19.3 Å². The predicted octanol–water partition coefficient (Wildman–Crippen LogP) is 5.67. The number of imide groups is 1. The highest BCUT2D eigenvalue weighted by atomic mass is 32.1. The predicted molar refractivity (Wildman–Crippen MR) is 131 cm³/mol. The SMILES string of the molecule is CCOCc1c(N(C(=O)OC(C)(C)C)C(=O)OC(C)(C)C)nsc1C(=O)NCC1CCCCC1. The van der Waals surface area contributed by atoms with E-state index >= 15 is 0 Å². The van der Waals surface area contributed by atoms with Gasteiger partial charge in [-0.25, -0.2) is 9.59 Å². The number of carbonyl (C=O) groups is 3. The van der Waals surface area contributed by atoms with Gasteiger partial charge >= 0.3 is 12.2 Å². The molecule has 192 valence electrons. The van der Waals surface area contributed by atoms with Crippen LogP contribution in [0.2, 0.25) is 0 Å². The van der Waals surface area contributed by atoms with Gasteiger partial charge < -0.3 is 19.5 Å². The van der Waals surface area contributed by atoms with Crippen molar-refractivity contribution < 1.29 is 28.6 Å². The lowest BCUT2D eigenvalue weighted by molar-refractivity contribution is 0.0427. The Morgan fingerprint density at radius 3 is 2.06 bits per heavy atom. The molecule has 1 aliphatic carbocycles. The molecule has 2 rings (SSSR count). The van der Waals surface area contributed by atoms with Gasteiger partial charge in [0.1, 0.15) is 16.1 Å². The van der Waals surface area contributed by atoms with Gasteiger partial charge in [-0.05, 0) is 78.8 Å². The monoisotopic (exact) mass is 497 g/mol. The summed E-state index contributed by atoms with van der Waals surface area (Å²) in [5.41, 5.74) is -1.36. The Morgan fingerprint density at radius 2 is 1.56 bits per heavy atom. The van der Waals surface area contributed by atoms with Gasteiger partial charge in [0.2, 0.25) is 0 Å². The summed E-state index contributed by atoms with van der Waals surface area (Å²) in [6.07, 6.45) is 3.95. The average molecular weight is 498 g/mol. The first-order valence-corrected chi connectivity index (χ1v) is 12.7. The lowest BCUT2D eigenvalue weighted by Gasteiger charge is -2.28. The minimum atomic E-state index is -0.932. The van der Waals surface area contributed by atoms with E-state index in [9.17, 15) is 14.4 Å². The largest absolute Gasteiger partial charge is 0.443 e. The molecular formula is C24H39N3O6S. The van der Waals surface area contributed by atoms with Crippen molar-refractivity contribution >= 4 is 35.4 Å². The van der Waals surface area contributed by atoms with E-state index < -0.39 is 23.4 Å². The second-order valence-corrected chi connectivity index (χ2v) is 11.2. The normalized spacial score (nSPS) is 15.0. The van der Waals surface area contributed by atoms with Gasteiger partial charge in [-0.15, -0.1) is 0 Å². The molecule has 1 heterocycles. The number of anilines is 1. The second kappa shape index (κ2) is 12.0. The molecule has 0 aromatic carbocycles. The fourth-order valence-corrected chi connectivity index (χ4v) is 4.35. The van der Waals surface area contributed by atoms with E-state index in [1.807, 2.05) is 6.92 Å². The van der Waals surface area contributed by atoms with Crippen LogP contribution in [0.1, 0.15) is 95.8 Å². The highest BCUT2D eigenvalue weighted by Gasteiger charge is 2.37. The lowest BCUT2D eigenvalue weighted by atomic mass is 9.89. The van der Waals surface area contributed by atoms with Gasteiger partial charge in [0, 0.05) is 18.7 Å². The first-order valence-electron chi connectivity index (χ1n) is 11.9. The maximum Gasteiger partial charge on any atom is 0.425 e. The summed E-state index contributed by atoms with van der Waals surface area (Å²) in [5.74, 6) is 0.155. The van der Waals surface area contributed by atoms with E-state index in [4.69, 9.17) is 14.2 Å². The molecule has 1 aromatic rings. The van der Waals surface area contributed by atoms with Crippen LogP contribution in [0.15, 0.2) is 0 Å². The molecule has 0 spiro atoms. The van der Waals surface area contributed by atoms with Crippen molar-refractivity contribution in [2.75, 3.05) is 18.1 Å². The Kier molecular flexibility index (Phi) is 9.87. The zero-order valence-electron chi connectivity index (χ0n) is 21.5. The number of ether oxygens (including phenoxy) is 3. The molecule has 0 unspecified atom stereocenters. The van der Waals surface area contributed by atoms with Crippen LogP contribution in [0.3, 0.4) is 0 Å². The summed E-state index contributed by atoms with van der Waals surface area (Å²) in [4.78, 5) is 40.2. The van der Waals surface area contributed by atoms with E-state index in [0.29, 0.717) is 29.5 Å². The minimum Gasteiger partial charge on any atom is -0.443 e. The molecule has 0 aliphatic heterocycles. The third-order valence-electron chi connectivity index (χ3n) is 5.06. The number of aromatic nitrogens is 1. The Bertz CT molecular complexity index is 822. The number of amides is 3. The lowest BCUT2D eigenvalue weighted by Crippen LogP contribution is -2.44. The summed E-state index contributed by atoms with van der Waals surface area (Å²) in [6, 6.07) is 0. The molecule has 1 aromatic heterocycles. The molecule has 1 aliphatic rings. The van der Waals surface area contributed by atoms with Gasteiger partial charge in [-0.3, -0.25) is 4.79 Å². The van der Waals surface area contributed by atoms with Gasteiger partial charge in [-0.1, -0.05) is 19.3 Å². The summed E-state index contributed by atoms with van der Waals surface area (Å²) in [6.45, 7) is 13.0. The molecule has 0 atom stereocenters. The van der Waals surface area contributed by atoms with Crippen LogP contribution in [-0.2, 0) is 20.8 Å². The van der Waals surface area contributed by atoms with E-state index in [2.05, 4.69) is 9.69 Å². The van der Waals surface area contributed by atoms with Crippen molar-refractivity contribution in [3.05, 3.63) is 10.4 Å².